The van der Waals surface area contributed by atoms with Gasteiger partial charge < -0.3 is 10.0 Å². The van der Waals surface area contributed by atoms with Gasteiger partial charge in [-0.1, -0.05) is 20.3 Å². The van der Waals surface area contributed by atoms with Gasteiger partial charge in [-0.15, -0.1) is 0 Å². The van der Waals surface area contributed by atoms with Gasteiger partial charge in [0.1, 0.15) is 0 Å². The summed E-state index contributed by atoms with van der Waals surface area (Å²) in [7, 11) is -3.68. The molecule has 1 aromatic carbocycles. The van der Waals surface area contributed by atoms with E-state index in [1.54, 1.807) is 4.90 Å². The van der Waals surface area contributed by atoms with E-state index in [0.717, 1.165) is 12.8 Å². The summed E-state index contributed by atoms with van der Waals surface area (Å²) in [6.07, 6.45) is 1.76. The number of hydrogen-bond donors (Lipinski definition) is 1. The highest BCUT2D eigenvalue weighted by molar-refractivity contribution is 7.89. The molecule has 1 amide bonds. The van der Waals surface area contributed by atoms with Crippen molar-refractivity contribution >= 4 is 21.9 Å². The standard InChI is InChI=1S/C17H24N2O5S/c1-3-4-13(2)16(20)18-9-11-19(12-10-18)25(23,24)15-7-5-14(6-8-15)17(21)22/h5-8,13H,3-4,9-12H2,1-2H3,(H,21,22). The maximum Gasteiger partial charge on any atom is 0.335 e. The molecule has 1 aliphatic rings. The van der Waals surface area contributed by atoms with E-state index in [1.165, 1.54) is 28.6 Å². The molecule has 1 N–H and O–H groups in total. The van der Waals surface area contributed by atoms with Gasteiger partial charge in [0.25, 0.3) is 0 Å². The average molecular weight is 368 g/mol. The van der Waals surface area contributed by atoms with Crippen molar-refractivity contribution < 1.29 is 23.1 Å². The number of carbonyl (C=O) groups excluding carboxylic acids is 1. The Morgan fingerprint density at radius 3 is 2.16 bits per heavy atom. The second-order valence-corrected chi connectivity index (χ2v) is 8.19. The van der Waals surface area contributed by atoms with Crippen LogP contribution in [0.4, 0.5) is 0 Å². The number of carbonyl (C=O) groups is 2. The normalized spacial score (nSPS) is 17.3. The zero-order valence-electron chi connectivity index (χ0n) is 14.5. The molecule has 138 valence electrons. The Kier molecular flexibility index (Phi) is 6.18. The fourth-order valence-corrected chi connectivity index (χ4v) is 4.36. The van der Waals surface area contributed by atoms with Crippen LogP contribution in [-0.2, 0) is 14.8 Å². The van der Waals surface area contributed by atoms with Crippen LogP contribution in [0, 0.1) is 5.92 Å². The minimum absolute atomic E-state index is 0.0410. The summed E-state index contributed by atoms with van der Waals surface area (Å²) in [5.74, 6) is -1.07. The smallest absolute Gasteiger partial charge is 0.335 e. The summed E-state index contributed by atoms with van der Waals surface area (Å²) < 4.78 is 26.7. The third-order valence-electron chi connectivity index (χ3n) is 4.43. The van der Waals surface area contributed by atoms with Crippen molar-refractivity contribution in [2.45, 2.75) is 31.6 Å². The van der Waals surface area contributed by atoms with E-state index in [4.69, 9.17) is 5.11 Å². The second-order valence-electron chi connectivity index (χ2n) is 6.25. The molecule has 25 heavy (non-hydrogen) atoms. The Morgan fingerprint density at radius 1 is 1.12 bits per heavy atom. The van der Waals surface area contributed by atoms with Crippen LogP contribution in [0.2, 0.25) is 0 Å². The van der Waals surface area contributed by atoms with Crippen molar-refractivity contribution in [3.63, 3.8) is 0 Å². The monoisotopic (exact) mass is 368 g/mol. The molecular weight excluding hydrogens is 344 g/mol. The molecule has 0 spiro atoms. The Bertz CT molecular complexity index is 722. The highest BCUT2D eigenvalue weighted by Gasteiger charge is 2.31. The van der Waals surface area contributed by atoms with Gasteiger partial charge in [-0.2, -0.15) is 4.31 Å². The van der Waals surface area contributed by atoms with Crippen LogP contribution in [0.25, 0.3) is 0 Å². The van der Waals surface area contributed by atoms with Crippen LogP contribution < -0.4 is 0 Å². The van der Waals surface area contributed by atoms with E-state index < -0.39 is 16.0 Å². The number of carboxylic acid groups (broad SMARTS) is 1. The number of amides is 1. The lowest BCUT2D eigenvalue weighted by molar-refractivity contribution is -0.136. The molecule has 0 radical (unpaired) electrons. The van der Waals surface area contributed by atoms with Crippen molar-refractivity contribution in [3.8, 4) is 0 Å². The van der Waals surface area contributed by atoms with Crippen molar-refractivity contribution in [2.24, 2.45) is 5.92 Å². The van der Waals surface area contributed by atoms with Crippen LogP contribution in [-0.4, -0.2) is 60.8 Å². The molecule has 1 saturated heterocycles. The quantitative estimate of drug-likeness (QED) is 0.824. The molecule has 0 aromatic heterocycles. The van der Waals surface area contributed by atoms with E-state index in [0.29, 0.717) is 13.1 Å². The number of rotatable bonds is 6. The number of nitrogens with zero attached hydrogens (tertiary/aromatic N) is 2. The summed E-state index contributed by atoms with van der Waals surface area (Å²) in [5, 5.41) is 8.89. The summed E-state index contributed by atoms with van der Waals surface area (Å²) in [6.45, 7) is 5.17. The first-order valence-electron chi connectivity index (χ1n) is 8.39. The third-order valence-corrected chi connectivity index (χ3v) is 6.35. The van der Waals surface area contributed by atoms with Crippen LogP contribution in [0.15, 0.2) is 29.2 Å². The summed E-state index contributed by atoms with van der Waals surface area (Å²) in [4.78, 5) is 25.0. The number of carboxylic acids is 1. The lowest BCUT2D eigenvalue weighted by Gasteiger charge is -2.35. The summed E-state index contributed by atoms with van der Waals surface area (Å²) in [5.41, 5.74) is 0.0410. The fourth-order valence-electron chi connectivity index (χ4n) is 2.94. The number of piperazine rings is 1. The van der Waals surface area contributed by atoms with Gasteiger partial charge in [0.2, 0.25) is 15.9 Å². The topological polar surface area (TPSA) is 95.0 Å². The SMILES string of the molecule is CCCC(C)C(=O)N1CCN(S(=O)(=O)c2ccc(C(=O)O)cc2)CC1. The molecule has 0 saturated carbocycles. The Hall–Kier alpha value is -1.93. The predicted molar refractivity (Wildman–Crippen MR) is 92.8 cm³/mol. The van der Waals surface area contributed by atoms with E-state index in [-0.39, 0.29) is 35.4 Å². The molecular formula is C17H24N2O5S. The highest BCUT2D eigenvalue weighted by Crippen LogP contribution is 2.19. The van der Waals surface area contributed by atoms with Gasteiger partial charge in [0, 0.05) is 32.1 Å². The number of benzene rings is 1. The largest absolute Gasteiger partial charge is 0.478 e. The van der Waals surface area contributed by atoms with E-state index in [9.17, 15) is 18.0 Å². The number of sulfonamides is 1. The molecule has 1 atom stereocenters. The molecule has 1 unspecified atom stereocenters. The van der Waals surface area contributed by atoms with Crippen molar-refractivity contribution in [1.29, 1.82) is 0 Å². The zero-order chi connectivity index (χ0) is 18.6. The molecule has 1 fully saturated rings. The molecule has 0 aliphatic carbocycles. The Balaban J connectivity index is 2.03. The molecule has 1 heterocycles. The van der Waals surface area contributed by atoms with Gasteiger partial charge in [-0.3, -0.25) is 4.79 Å². The van der Waals surface area contributed by atoms with Crippen LogP contribution in [0.3, 0.4) is 0 Å². The molecule has 1 aromatic rings. The second kappa shape index (κ2) is 7.97. The van der Waals surface area contributed by atoms with Crippen LogP contribution in [0.1, 0.15) is 37.0 Å². The molecule has 7 nitrogen and oxygen atoms in total. The van der Waals surface area contributed by atoms with Gasteiger partial charge in [0.15, 0.2) is 0 Å². The average Bonchev–Trinajstić information content (AvgIpc) is 2.61. The number of aromatic carboxylic acids is 1. The van der Waals surface area contributed by atoms with Crippen molar-refractivity contribution in [3.05, 3.63) is 29.8 Å². The lowest BCUT2D eigenvalue weighted by Crippen LogP contribution is -2.51. The predicted octanol–water partition coefficient (Wildman–Crippen LogP) is 1.65. The Morgan fingerprint density at radius 2 is 1.68 bits per heavy atom. The van der Waals surface area contributed by atoms with Gasteiger partial charge in [-0.05, 0) is 30.7 Å². The molecule has 2 rings (SSSR count). The third kappa shape index (κ3) is 4.38. The fraction of sp³-hybridized carbons (Fsp3) is 0.529. The molecule has 8 heteroatoms. The number of hydrogen-bond acceptors (Lipinski definition) is 4. The lowest BCUT2D eigenvalue weighted by atomic mass is 10.0. The van der Waals surface area contributed by atoms with E-state index in [1.807, 2.05) is 13.8 Å². The zero-order valence-corrected chi connectivity index (χ0v) is 15.3. The maximum atomic E-state index is 12.7. The molecule has 1 aliphatic heterocycles. The van der Waals surface area contributed by atoms with Crippen molar-refractivity contribution in [2.75, 3.05) is 26.2 Å². The first kappa shape index (κ1) is 19.4. The minimum atomic E-state index is -3.68. The van der Waals surface area contributed by atoms with E-state index in [2.05, 4.69) is 0 Å². The maximum absolute atomic E-state index is 12.7. The Labute approximate surface area is 148 Å². The van der Waals surface area contributed by atoms with Crippen LogP contribution in [0.5, 0.6) is 0 Å². The van der Waals surface area contributed by atoms with Gasteiger partial charge in [-0.25, -0.2) is 13.2 Å². The minimum Gasteiger partial charge on any atom is -0.478 e. The first-order chi connectivity index (χ1) is 11.8. The van der Waals surface area contributed by atoms with Gasteiger partial charge >= 0.3 is 5.97 Å². The highest BCUT2D eigenvalue weighted by atomic mass is 32.2. The molecule has 0 bridgehead atoms. The summed E-state index contributed by atoms with van der Waals surface area (Å²) in [6, 6.07) is 5.17. The first-order valence-corrected chi connectivity index (χ1v) is 9.83. The summed E-state index contributed by atoms with van der Waals surface area (Å²) >= 11 is 0. The van der Waals surface area contributed by atoms with E-state index >= 15 is 0 Å². The van der Waals surface area contributed by atoms with Gasteiger partial charge in [0.05, 0.1) is 10.5 Å². The van der Waals surface area contributed by atoms with Crippen molar-refractivity contribution in [1.82, 2.24) is 9.21 Å². The van der Waals surface area contributed by atoms with Crippen LogP contribution >= 0.6 is 0 Å².